The van der Waals surface area contributed by atoms with Gasteiger partial charge in [0.1, 0.15) is 18.1 Å². The van der Waals surface area contributed by atoms with Crippen LogP contribution in [0.2, 0.25) is 0 Å². The number of carbonyl (C=O) groups excluding carboxylic acids is 4. The zero-order valence-corrected chi connectivity index (χ0v) is 25.8. The Morgan fingerprint density at radius 1 is 1.09 bits per heavy atom. The molecule has 6 N–H and O–H groups in total. The Morgan fingerprint density at radius 3 is 2.70 bits per heavy atom. The lowest BCUT2D eigenvalue weighted by atomic mass is 10.00. The van der Waals surface area contributed by atoms with Crippen molar-refractivity contribution in [3.05, 3.63) is 64.5 Å². The summed E-state index contributed by atoms with van der Waals surface area (Å²) < 4.78 is 1.11. The number of anilines is 1. The minimum atomic E-state index is -0.826. The van der Waals surface area contributed by atoms with Gasteiger partial charge in [-0.15, -0.1) is 11.3 Å². The lowest BCUT2D eigenvalue weighted by Crippen LogP contribution is -2.57. The van der Waals surface area contributed by atoms with E-state index in [-0.39, 0.29) is 42.0 Å². The van der Waals surface area contributed by atoms with Gasteiger partial charge in [0.15, 0.2) is 0 Å². The molecule has 232 valence electrons. The van der Waals surface area contributed by atoms with Crippen molar-refractivity contribution in [3.8, 4) is 0 Å². The van der Waals surface area contributed by atoms with Crippen LogP contribution in [0.15, 0.2) is 47.8 Å². The first-order chi connectivity index (χ1) is 21.3. The summed E-state index contributed by atoms with van der Waals surface area (Å²) in [6.45, 7) is 5.05. The van der Waals surface area contributed by atoms with E-state index in [1.54, 1.807) is 16.2 Å². The maximum Gasteiger partial charge on any atom is 0.250 e. The van der Waals surface area contributed by atoms with Crippen LogP contribution in [-0.2, 0) is 38.4 Å². The molecule has 4 heterocycles. The molecule has 3 aromatic rings. The average Bonchev–Trinajstić information content (AvgIpc) is 3.74. The second kappa shape index (κ2) is 13.0. The highest BCUT2D eigenvalue weighted by molar-refractivity contribution is 7.17. The fourth-order valence-electron chi connectivity index (χ4n) is 6.38. The van der Waals surface area contributed by atoms with Gasteiger partial charge in [-0.05, 0) is 58.7 Å². The Labute approximate surface area is 260 Å². The largest absolute Gasteiger partial charge is 0.353 e. The molecule has 1 fully saturated rings. The quantitative estimate of drug-likeness (QED) is 0.202. The molecule has 1 saturated heterocycles. The Balaban J connectivity index is 1.16. The van der Waals surface area contributed by atoms with Gasteiger partial charge in [-0.2, -0.15) is 5.53 Å². The number of nitrogens with zero attached hydrogens (tertiary/aromatic N) is 1. The van der Waals surface area contributed by atoms with Gasteiger partial charge in [0, 0.05) is 24.2 Å². The van der Waals surface area contributed by atoms with Crippen molar-refractivity contribution < 1.29 is 19.2 Å². The van der Waals surface area contributed by atoms with Crippen LogP contribution in [0.4, 0.5) is 5.69 Å². The lowest BCUT2D eigenvalue weighted by molar-refractivity contribution is -0.132. The van der Waals surface area contributed by atoms with Crippen molar-refractivity contribution in [3.63, 3.8) is 0 Å². The molecule has 44 heavy (non-hydrogen) atoms. The van der Waals surface area contributed by atoms with Crippen LogP contribution in [0, 0.1) is 5.92 Å². The number of thiophene rings is 1. The van der Waals surface area contributed by atoms with Crippen LogP contribution in [0.1, 0.15) is 43.4 Å². The van der Waals surface area contributed by atoms with Crippen LogP contribution >= 0.6 is 11.3 Å². The molecule has 0 bridgehead atoms. The van der Waals surface area contributed by atoms with E-state index >= 15 is 0 Å². The van der Waals surface area contributed by atoms with Gasteiger partial charge in [-0.3, -0.25) is 24.1 Å². The van der Waals surface area contributed by atoms with E-state index < -0.39 is 18.1 Å². The highest BCUT2D eigenvalue weighted by Gasteiger charge is 2.44. The monoisotopic (exact) mass is 617 g/mol. The second-order valence-electron chi connectivity index (χ2n) is 12.2. The van der Waals surface area contributed by atoms with Crippen LogP contribution in [-0.4, -0.2) is 60.9 Å². The molecule has 0 aliphatic carbocycles. The van der Waals surface area contributed by atoms with E-state index in [2.05, 4.69) is 32.3 Å². The summed E-state index contributed by atoms with van der Waals surface area (Å²) in [7, 11) is 0. The lowest BCUT2D eigenvalue weighted by Gasteiger charge is -2.29. The fourth-order valence-corrected chi connectivity index (χ4v) is 7.34. The molecule has 1 aromatic heterocycles. The molecule has 0 spiro atoms. The molecule has 4 atom stereocenters. The summed E-state index contributed by atoms with van der Waals surface area (Å²) >= 11 is 1.59. The maximum absolute atomic E-state index is 14.1. The minimum Gasteiger partial charge on any atom is -0.353 e. The fraction of sp³-hybridized carbons (Fsp3) is 0.438. The third-order valence-corrected chi connectivity index (χ3v) is 9.55. The molecule has 6 rings (SSSR count). The van der Waals surface area contributed by atoms with Gasteiger partial charge in [0.2, 0.25) is 23.6 Å². The predicted octanol–water partition coefficient (Wildman–Crippen LogP) is 1.46. The molecule has 0 radical (unpaired) electrons. The Bertz CT molecular complexity index is 1570. The highest BCUT2D eigenvalue weighted by atomic mass is 32.1. The van der Waals surface area contributed by atoms with E-state index in [4.69, 9.17) is 0 Å². The molecule has 4 amide bonds. The van der Waals surface area contributed by atoms with E-state index in [9.17, 15) is 19.2 Å². The number of hydrogen-bond acceptors (Lipinski definition) is 8. The molecule has 0 saturated carbocycles. The molecular weight excluding hydrogens is 578 g/mol. The summed E-state index contributed by atoms with van der Waals surface area (Å²) in [5.41, 5.74) is 12.5. The number of rotatable bonds is 10. The summed E-state index contributed by atoms with van der Waals surface area (Å²) in [4.78, 5) is 56.0. The number of amides is 4. The van der Waals surface area contributed by atoms with Crippen molar-refractivity contribution in [1.82, 2.24) is 32.3 Å². The number of carbonyl (C=O) groups is 4. The summed E-state index contributed by atoms with van der Waals surface area (Å²) in [6.07, 6.45) is 2.00. The number of fused-ring (bicyclic) bond motifs is 1. The Hall–Kier alpha value is -3.84. The molecule has 1 unspecified atom stereocenters. The normalized spacial score (nSPS) is 21.7. The number of aryl methyl sites for hydroxylation is 1. The predicted molar refractivity (Wildman–Crippen MR) is 170 cm³/mol. The van der Waals surface area contributed by atoms with E-state index in [1.807, 2.05) is 61.7 Å². The number of hydrazine groups is 2. The molecule has 3 aliphatic heterocycles. The van der Waals surface area contributed by atoms with Gasteiger partial charge in [-0.25, -0.2) is 10.9 Å². The summed E-state index contributed by atoms with van der Waals surface area (Å²) in [5.74, 6) is -1.02. The first kappa shape index (κ1) is 30.2. The third kappa shape index (κ3) is 6.34. The molecule has 11 nitrogen and oxygen atoms in total. The Kier molecular flexibility index (Phi) is 8.94. The number of hydrogen-bond donors (Lipinski definition) is 6. The van der Waals surface area contributed by atoms with Crippen LogP contribution < -0.4 is 37.2 Å². The van der Waals surface area contributed by atoms with Crippen molar-refractivity contribution in [2.75, 3.05) is 18.0 Å². The molecular formula is C32H39N7O4S. The maximum atomic E-state index is 14.1. The van der Waals surface area contributed by atoms with Crippen molar-refractivity contribution in [2.24, 2.45) is 5.92 Å². The summed E-state index contributed by atoms with van der Waals surface area (Å²) in [5, 5.41) is 11.9. The van der Waals surface area contributed by atoms with Gasteiger partial charge in [-0.1, -0.05) is 50.2 Å². The summed E-state index contributed by atoms with van der Waals surface area (Å²) in [6, 6.07) is 11.6. The van der Waals surface area contributed by atoms with Crippen LogP contribution in [0.3, 0.4) is 0 Å². The van der Waals surface area contributed by atoms with Gasteiger partial charge in [0.25, 0.3) is 0 Å². The van der Waals surface area contributed by atoms with E-state index in [0.717, 1.165) is 32.5 Å². The minimum absolute atomic E-state index is 0.0247. The second-order valence-corrected chi connectivity index (χ2v) is 13.1. The van der Waals surface area contributed by atoms with Crippen molar-refractivity contribution in [1.29, 1.82) is 0 Å². The zero-order chi connectivity index (χ0) is 30.8. The van der Waals surface area contributed by atoms with Gasteiger partial charge in [0.05, 0.1) is 18.2 Å². The standard InChI is InChI=1S/C32H39N7O4S/c1-18(2)12-25(35-28(40)14-21-17-44-27-9-4-3-8-23(21)27)30(41)36-24-11-10-19-6-5-7-20-13-26(39(29(19)20)32(24)43)31(42)33-15-22-16-34-38-37-22/h3-9,17-18,22,24-26,34,37-38H,10-16H2,1-2H3,(H,33,42)(H,35,40)(H,36,41)/t22?,24-,25-,26-/m0/s1. The van der Waals surface area contributed by atoms with Gasteiger partial charge >= 0.3 is 0 Å². The van der Waals surface area contributed by atoms with Crippen LogP contribution in [0.25, 0.3) is 10.1 Å². The van der Waals surface area contributed by atoms with Gasteiger partial charge < -0.3 is 16.0 Å². The zero-order valence-electron chi connectivity index (χ0n) is 24.9. The SMILES string of the molecule is CC(C)C[C@H](NC(=O)Cc1csc2ccccc12)C(=O)N[C@H]1CCc2cccc3c2N(C1=O)[C@H](C(=O)NCC1CNNN1)C3. The topological polar surface area (TPSA) is 144 Å². The average molecular weight is 618 g/mol. The number of benzene rings is 2. The Morgan fingerprint density at radius 2 is 1.91 bits per heavy atom. The smallest absolute Gasteiger partial charge is 0.250 e. The molecule has 2 aromatic carbocycles. The number of nitrogens with one attached hydrogen (secondary N) is 6. The number of para-hydroxylation sites is 1. The van der Waals surface area contributed by atoms with Crippen molar-refractivity contribution in [2.45, 2.75) is 70.1 Å². The first-order valence-corrected chi connectivity index (χ1v) is 16.2. The molecule has 12 heteroatoms. The molecule has 3 aliphatic rings. The van der Waals surface area contributed by atoms with Crippen LogP contribution in [0.5, 0.6) is 0 Å². The van der Waals surface area contributed by atoms with Crippen molar-refractivity contribution >= 4 is 50.7 Å². The van der Waals surface area contributed by atoms with E-state index in [0.29, 0.717) is 38.8 Å². The first-order valence-electron chi connectivity index (χ1n) is 15.3. The highest BCUT2D eigenvalue weighted by Crippen LogP contribution is 2.39. The third-order valence-electron chi connectivity index (χ3n) is 8.53. The van der Waals surface area contributed by atoms with E-state index in [1.165, 1.54) is 0 Å².